The fourth-order valence-electron chi connectivity index (χ4n) is 2.04. The quantitative estimate of drug-likeness (QED) is 0.803. The number of aryl methyl sites for hydroxylation is 1. The third-order valence-corrected chi connectivity index (χ3v) is 4.96. The maximum atomic E-state index is 12.2. The number of nitrogen functional groups attached to an aromatic ring is 1. The Bertz CT molecular complexity index is 501. The highest BCUT2D eigenvalue weighted by Crippen LogP contribution is 2.33. The van der Waals surface area contributed by atoms with Crippen molar-refractivity contribution in [2.75, 3.05) is 5.73 Å². The van der Waals surface area contributed by atoms with E-state index < -0.39 is 10.0 Å². The molecule has 0 amide bonds. The van der Waals surface area contributed by atoms with Crippen molar-refractivity contribution in [3.63, 3.8) is 0 Å². The number of benzene rings is 1. The largest absolute Gasteiger partial charge is 0.398 e. The van der Waals surface area contributed by atoms with Gasteiger partial charge in [0.15, 0.2) is 0 Å². The molecule has 94 valence electrons. The molecule has 1 aromatic carbocycles. The molecule has 1 aliphatic rings. The van der Waals surface area contributed by atoms with Crippen molar-refractivity contribution in [3.8, 4) is 0 Å². The van der Waals surface area contributed by atoms with E-state index in [1.165, 1.54) is 0 Å². The van der Waals surface area contributed by atoms with Crippen LogP contribution in [-0.2, 0) is 10.0 Å². The molecule has 1 atom stereocenters. The first kappa shape index (κ1) is 12.4. The Balaban J connectivity index is 2.30. The fourth-order valence-corrected chi connectivity index (χ4v) is 3.71. The zero-order chi connectivity index (χ0) is 12.6. The van der Waals surface area contributed by atoms with Gasteiger partial charge in [-0.1, -0.05) is 12.1 Å². The van der Waals surface area contributed by atoms with E-state index in [0.717, 1.165) is 12.8 Å². The molecule has 0 aliphatic heterocycles. The van der Waals surface area contributed by atoms with Crippen molar-refractivity contribution in [2.45, 2.75) is 37.6 Å². The smallest absolute Gasteiger partial charge is 0.243 e. The fraction of sp³-hybridized carbons (Fsp3) is 0.500. The first-order valence-electron chi connectivity index (χ1n) is 5.79. The van der Waals surface area contributed by atoms with Gasteiger partial charge >= 0.3 is 0 Å². The summed E-state index contributed by atoms with van der Waals surface area (Å²) in [5, 5.41) is 0. The standard InChI is InChI=1S/C12H18N2O2S/c1-8-4-3-5-11(13)12(8)17(15,16)14-9(2)10-6-7-10/h3-5,9-10,14H,6-7,13H2,1-2H3. The van der Waals surface area contributed by atoms with Crippen molar-refractivity contribution in [1.82, 2.24) is 4.72 Å². The summed E-state index contributed by atoms with van der Waals surface area (Å²) in [4.78, 5) is 0.215. The molecule has 0 heterocycles. The minimum atomic E-state index is -3.50. The van der Waals surface area contributed by atoms with Crippen molar-refractivity contribution in [1.29, 1.82) is 0 Å². The number of rotatable bonds is 4. The number of nitrogens with two attached hydrogens (primary N) is 1. The summed E-state index contributed by atoms with van der Waals surface area (Å²) < 4.78 is 27.2. The van der Waals surface area contributed by atoms with E-state index in [1.54, 1.807) is 25.1 Å². The normalized spacial score (nSPS) is 18.0. The molecule has 3 N–H and O–H groups in total. The number of sulfonamides is 1. The summed E-state index contributed by atoms with van der Waals surface area (Å²) in [7, 11) is -3.50. The summed E-state index contributed by atoms with van der Waals surface area (Å²) >= 11 is 0. The second-order valence-electron chi connectivity index (χ2n) is 4.74. The molecule has 1 unspecified atom stereocenters. The second-order valence-corrected chi connectivity index (χ2v) is 6.39. The van der Waals surface area contributed by atoms with E-state index in [9.17, 15) is 8.42 Å². The van der Waals surface area contributed by atoms with Gasteiger partial charge in [0.2, 0.25) is 10.0 Å². The summed E-state index contributed by atoms with van der Waals surface area (Å²) in [5.41, 5.74) is 6.74. The van der Waals surface area contributed by atoms with Gasteiger partial charge in [0, 0.05) is 6.04 Å². The molecule has 0 radical (unpaired) electrons. The molecule has 0 aromatic heterocycles. The van der Waals surface area contributed by atoms with Gasteiger partial charge in [0.05, 0.1) is 5.69 Å². The van der Waals surface area contributed by atoms with Gasteiger partial charge in [-0.05, 0) is 44.2 Å². The van der Waals surface area contributed by atoms with E-state index in [0.29, 0.717) is 17.2 Å². The SMILES string of the molecule is Cc1cccc(N)c1S(=O)(=O)NC(C)C1CC1. The lowest BCUT2D eigenvalue weighted by molar-refractivity contribution is 0.538. The highest BCUT2D eigenvalue weighted by molar-refractivity contribution is 7.89. The Morgan fingerprint density at radius 3 is 2.59 bits per heavy atom. The van der Waals surface area contributed by atoms with Crippen LogP contribution in [0.3, 0.4) is 0 Å². The Labute approximate surface area is 102 Å². The van der Waals surface area contributed by atoms with Crippen molar-refractivity contribution in [3.05, 3.63) is 23.8 Å². The van der Waals surface area contributed by atoms with E-state index in [1.807, 2.05) is 6.92 Å². The third-order valence-electron chi connectivity index (χ3n) is 3.18. The maximum absolute atomic E-state index is 12.2. The summed E-state index contributed by atoms with van der Waals surface area (Å²) in [6.07, 6.45) is 2.21. The Kier molecular flexibility index (Phi) is 3.14. The van der Waals surface area contributed by atoms with Gasteiger partial charge in [-0.15, -0.1) is 0 Å². The topological polar surface area (TPSA) is 72.2 Å². The Morgan fingerprint density at radius 2 is 2.06 bits per heavy atom. The predicted octanol–water partition coefficient (Wildman–Crippen LogP) is 1.65. The van der Waals surface area contributed by atoms with Gasteiger partial charge < -0.3 is 5.73 Å². The zero-order valence-electron chi connectivity index (χ0n) is 10.1. The average molecular weight is 254 g/mol. The molecule has 1 aliphatic carbocycles. The van der Waals surface area contributed by atoms with E-state index in [-0.39, 0.29) is 10.9 Å². The van der Waals surface area contributed by atoms with Crippen LogP contribution < -0.4 is 10.5 Å². The summed E-state index contributed by atoms with van der Waals surface area (Å²) in [6.45, 7) is 3.66. The number of nitrogens with one attached hydrogen (secondary N) is 1. The molecule has 0 saturated heterocycles. The second kappa shape index (κ2) is 4.31. The van der Waals surface area contributed by atoms with Crippen LogP contribution in [0.25, 0.3) is 0 Å². The lowest BCUT2D eigenvalue weighted by atomic mass is 10.2. The van der Waals surface area contributed by atoms with Gasteiger partial charge in [-0.3, -0.25) is 0 Å². The Morgan fingerprint density at radius 1 is 1.41 bits per heavy atom. The van der Waals surface area contributed by atoms with Crippen molar-refractivity contribution < 1.29 is 8.42 Å². The minimum absolute atomic E-state index is 0.0148. The van der Waals surface area contributed by atoms with Gasteiger partial charge in [-0.25, -0.2) is 13.1 Å². The molecule has 0 spiro atoms. The molecule has 5 heteroatoms. The number of anilines is 1. The lowest BCUT2D eigenvalue weighted by Gasteiger charge is -2.16. The maximum Gasteiger partial charge on any atom is 0.243 e. The minimum Gasteiger partial charge on any atom is -0.398 e. The molecule has 17 heavy (non-hydrogen) atoms. The highest BCUT2D eigenvalue weighted by atomic mass is 32.2. The molecular weight excluding hydrogens is 236 g/mol. The lowest BCUT2D eigenvalue weighted by Crippen LogP contribution is -2.34. The summed E-state index contributed by atoms with van der Waals surface area (Å²) in [5.74, 6) is 0.481. The number of hydrogen-bond acceptors (Lipinski definition) is 3. The van der Waals surface area contributed by atoms with Crippen LogP contribution in [0, 0.1) is 12.8 Å². The molecule has 4 nitrogen and oxygen atoms in total. The molecule has 2 rings (SSSR count). The third kappa shape index (κ3) is 2.61. The van der Waals surface area contributed by atoms with Gasteiger partial charge in [0.1, 0.15) is 4.90 Å². The van der Waals surface area contributed by atoms with Crippen molar-refractivity contribution >= 4 is 15.7 Å². The Hall–Kier alpha value is -1.07. The molecule has 1 saturated carbocycles. The summed E-state index contributed by atoms with van der Waals surface area (Å²) in [6, 6.07) is 5.11. The predicted molar refractivity (Wildman–Crippen MR) is 68.1 cm³/mol. The van der Waals surface area contributed by atoms with Crippen LogP contribution in [0.5, 0.6) is 0 Å². The zero-order valence-corrected chi connectivity index (χ0v) is 10.9. The van der Waals surface area contributed by atoms with E-state index in [4.69, 9.17) is 5.73 Å². The van der Waals surface area contributed by atoms with Crippen LogP contribution in [0.15, 0.2) is 23.1 Å². The average Bonchev–Trinajstić information content (AvgIpc) is 2.98. The van der Waals surface area contributed by atoms with E-state index >= 15 is 0 Å². The first-order valence-corrected chi connectivity index (χ1v) is 7.27. The monoisotopic (exact) mass is 254 g/mol. The van der Waals surface area contributed by atoms with Crippen LogP contribution in [0.4, 0.5) is 5.69 Å². The van der Waals surface area contributed by atoms with Crippen LogP contribution in [0.1, 0.15) is 25.3 Å². The van der Waals surface area contributed by atoms with Crippen LogP contribution in [-0.4, -0.2) is 14.5 Å². The van der Waals surface area contributed by atoms with Gasteiger partial charge in [-0.2, -0.15) is 0 Å². The molecule has 1 aromatic rings. The number of hydrogen-bond donors (Lipinski definition) is 2. The van der Waals surface area contributed by atoms with Crippen LogP contribution in [0.2, 0.25) is 0 Å². The van der Waals surface area contributed by atoms with Crippen LogP contribution >= 0.6 is 0 Å². The molecule has 0 bridgehead atoms. The highest BCUT2D eigenvalue weighted by Gasteiger charge is 2.32. The van der Waals surface area contributed by atoms with Crippen molar-refractivity contribution in [2.24, 2.45) is 5.92 Å². The van der Waals surface area contributed by atoms with Gasteiger partial charge in [0.25, 0.3) is 0 Å². The molecular formula is C12H18N2O2S. The first-order chi connectivity index (χ1) is 7.92. The van der Waals surface area contributed by atoms with E-state index in [2.05, 4.69) is 4.72 Å². The molecule has 1 fully saturated rings.